The molecule has 20 heavy (non-hydrogen) atoms. The maximum absolute atomic E-state index is 12.8. The number of fused-ring (bicyclic) bond motifs is 1. The van der Waals surface area contributed by atoms with Gasteiger partial charge in [-0.2, -0.15) is 0 Å². The van der Waals surface area contributed by atoms with Gasteiger partial charge < -0.3 is 14.6 Å². The lowest BCUT2D eigenvalue weighted by Crippen LogP contribution is -2.47. The molecular weight excluding hydrogens is 256 g/mol. The molecule has 0 aromatic carbocycles. The van der Waals surface area contributed by atoms with Gasteiger partial charge in [0, 0.05) is 0 Å². The maximum atomic E-state index is 12.8. The molecule has 1 unspecified atom stereocenters. The summed E-state index contributed by atoms with van der Waals surface area (Å²) in [6.07, 6.45) is 1.25. The third-order valence-corrected chi connectivity index (χ3v) is 4.60. The van der Waals surface area contributed by atoms with Gasteiger partial charge >= 0.3 is 0 Å². The summed E-state index contributed by atoms with van der Waals surface area (Å²) in [4.78, 5) is 12.8. The molecule has 0 radical (unpaired) electrons. The average molecular weight is 282 g/mol. The Morgan fingerprint density at radius 1 is 1.20 bits per heavy atom. The molecule has 0 amide bonds. The number of carbonyl (C=O) groups is 1. The molecule has 2 aliphatic carbocycles. The summed E-state index contributed by atoms with van der Waals surface area (Å²) in [5.74, 6) is 0.441. The highest BCUT2D eigenvalue weighted by molar-refractivity contribution is 6.03. The van der Waals surface area contributed by atoms with Crippen molar-refractivity contribution >= 4 is 5.78 Å². The minimum atomic E-state index is -1.24. The first-order valence-electron chi connectivity index (χ1n) is 7.49. The van der Waals surface area contributed by atoms with Crippen molar-refractivity contribution in [2.45, 2.75) is 72.2 Å². The fraction of sp³-hybridized carbons (Fsp3) is 0.812. The molecule has 0 heterocycles. The molecule has 0 bridgehead atoms. The summed E-state index contributed by atoms with van der Waals surface area (Å²) in [5.41, 5.74) is -2.06. The van der Waals surface area contributed by atoms with Gasteiger partial charge in [0.2, 0.25) is 11.5 Å². The summed E-state index contributed by atoms with van der Waals surface area (Å²) < 4.78 is 11.5. The largest absolute Gasteiger partial charge is 0.488 e. The number of allylic oxidation sites excluding steroid dienone is 1. The van der Waals surface area contributed by atoms with Crippen LogP contribution < -0.4 is 0 Å². The highest BCUT2D eigenvalue weighted by Gasteiger charge is 2.69. The van der Waals surface area contributed by atoms with Crippen molar-refractivity contribution in [3.63, 3.8) is 0 Å². The molecule has 0 aromatic heterocycles. The normalized spacial score (nSPS) is 37.0. The zero-order chi connectivity index (χ0) is 15.3. The molecule has 0 aliphatic heterocycles. The number of ether oxygens (including phenoxy) is 2. The van der Waals surface area contributed by atoms with Crippen molar-refractivity contribution < 1.29 is 19.4 Å². The van der Waals surface area contributed by atoms with Crippen LogP contribution in [0.4, 0.5) is 0 Å². The lowest BCUT2D eigenvalue weighted by molar-refractivity contribution is -0.137. The fourth-order valence-electron chi connectivity index (χ4n) is 3.46. The number of carbonyl (C=O) groups excluding carboxylic acids is 1. The van der Waals surface area contributed by atoms with Crippen LogP contribution in [0.25, 0.3) is 0 Å². The first kappa shape index (κ1) is 15.4. The van der Waals surface area contributed by atoms with Crippen molar-refractivity contribution in [2.24, 2.45) is 11.3 Å². The van der Waals surface area contributed by atoms with Gasteiger partial charge in [-0.15, -0.1) is 0 Å². The molecule has 1 fully saturated rings. The van der Waals surface area contributed by atoms with Gasteiger partial charge in [-0.05, 0) is 53.4 Å². The van der Waals surface area contributed by atoms with Crippen LogP contribution >= 0.6 is 0 Å². The average Bonchev–Trinajstić information content (AvgIpc) is 2.65. The third-order valence-electron chi connectivity index (χ3n) is 4.60. The van der Waals surface area contributed by atoms with E-state index in [0.717, 1.165) is 6.42 Å². The van der Waals surface area contributed by atoms with Crippen LogP contribution in [0, 0.1) is 11.3 Å². The second-order valence-corrected chi connectivity index (χ2v) is 6.86. The molecule has 1 N–H and O–H groups in total. The van der Waals surface area contributed by atoms with Crippen LogP contribution in [0.1, 0.15) is 54.4 Å². The van der Waals surface area contributed by atoms with E-state index in [-0.39, 0.29) is 29.7 Å². The van der Waals surface area contributed by atoms with E-state index < -0.39 is 11.0 Å². The van der Waals surface area contributed by atoms with E-state index in [0.29, 0.717) is 12.2 Å². The van der Waals surface area contributed by atoms with E-state index in [1.54, 1.807) is 0 Å². The lowest BCUT2D eigenvalue weighted by Gasteiger charge is -2.36. The van der Waals surface area contributed by atoms with Crippen LogP contribution in [-0.4, -0.2) is 28.7 Å². The first-order chi connectivity index (χ1) is 9.14. The van der Waals surface area contributed by atoms with Gasteiger partial charge in [0.15, 0.2) is 5.76 Å². The standard InChI is InChI=1S/C16H26O4/c1-9(2)19-12-13(17)15(6)8-7-11(5)16(15,18)14(12)20-10(3)4/h9-11,18H,7-8H2,1-6H3/t11?,15-,16+/m1/s1. The van der Waals surface area contributed by atoms with Gasteiger partial charge in [0.1, 0.15) is 5.60 Å². The lowest BCUT2D eigenvalue weighted by atomic mass is 9.74. The molecule has 1 saturated carbocycles. The van der Waals surface area contributed by atoms with Crippen molar-refractivity contribution in [1.29, 1.82) is 0 Å². The summed E-state index contributed by atoms with van der Waals surface area (Å²) >= 11 is 0. The Morgan fingerprint density at radius 2 is 1.75 bits per heavy atom. The number of hydrogen-bond donors (Lipinski definition) is 1. The smallest absolute Gasteiger partial charge is 0.210 e. The molecule has 2 rings (SSSR count). The Balaban J connectivity index is 2.55. The Bertz CT molecular complexity index is 451. The Labute approximate surface area is 121 Å². The number of ketones is 1. The van der Waals surface area contributed by atoms with Crippen molar-refractivity contribution in [3.8, 4) is 0 Å². The van der Waals surface area contributed by atoms with Gasteiger partial charge in [0.05, 0.1) is 17.6 Å². The van der Waals surface area contributed by atoms with Gasteiger partial charge in [-0.3, -0.25) is 4.79 Å². The minimum absolute atomic E-state index is 0.0153. The molecule has 114 valence electrons. The highest BCUT2D eigenvalue weighted by atomic mass is 16.5. The van der Waals surface area contributed by atoms with E-state index in [2.05, 4.69) is 0 Å². The Kier molecular flexibility index (Phi) is 3.66. The minimum Gasteiger partial charge on any atom is -0.488 e. The van der Waals surface area contributed by atoms with E-state index in [9.17, 15) is 9.90 Å². The molecule has 3 atom stereocenters. The van der Waals surface area contributed by atoms with E-state index >= 15 is 0 Å². The summed E-state index contributed by atoms with van der Waals surface area (Å²) in [5, 5.41) is 11.2. The second kappa shape index (κ2) is 4.76. The zero-order valence-corrected chi connectivity index (χ0v) is 13.3. The molecule has 4 heteroatoms. The second-order valence-electron chi connectivity index (χ2n) is 6.86. The Hall–Kier alpha value is -1.03. The third kappa shape index (κ3) is 1.88. The number of aliphatic hydroxyl groups is 1. The molecular formula is C16H26O4. The monoisotopic (exact) mass is 282 g/mol. The summed E-state index contributed by atoms with van der Waals surface area (Å²) in [6, 6.07) is 0. The predicted octanol–water partition coefficient (Wildman–Crippen LogP) is 2.80. The molecule has 4 nitrogen and oxygen atoms in total. The molecule has 0 saturated heterocycles. The van der Waals surface area contributed by atoms with Crippen molar-refractivity contribution in [1.82, 2.24) is 0 Å². The summed E-state index contributed by atoms with van der Waals surface area (Å²) in [6.45, 7) is 11.3. The van der Waals surface area contributed by atoms with Crippen LogP contribution in [0.5, 0.6) is 0 Å². The Morgan fingerprint density at radius 3 is 2.25 bits per heavy atom. The van der Waals surface area contributed by atoms with Crippen LogP contribution in [-0.2, 0) is 14.3 Å². The number of Topliss-reactive ketones (excluding diaryl/α,β-unsaturated/α-hetero) is 1. The van der Waals surface area contributed by atoms with Crippen molar-refractivity contribution in [2.75, 3.05) is 0 Å². The molecule has 2 aliphatic rings. The fourth-order valence-corrected chi connectivity index (χ4v) is 3.46. The maximum Gasteiger partial charge on any atom is 0.210 e. The van der Waals surface area contributed by atoms with Gasteiger partial charge in [-0.1, -0.05) is 6.92 Å². The number of rotatable bonds is 4. The van der Waals surface area contributed by atoms with E-state index in [1.807, 2.05) is 41.5 Å². The first-order valence-corrected chi connectivity index (χ1v) is 7.49. The molecule has 0 spiro atoms. The van der Waals surface area contributed by atoms with Crippen LogP contribution in [0.3, 0.4) is 0 Å². The number of hydrogen-bond acceptors (Lipinski definition) is 4. The predicted molar refractivity (Wildman–Crippen MR) is 75.9 cm³/mol. The van der Waals surface area contributed by atoms with Gasteiger partial charge in [-0.25, -0.2) is 0 Å². The zero-order valence-electron chi connectivity index (χ0n) is 13.3. The van der Waals surface area contributed by atoms with Gasteiger partial charge in [0.25, 0.3) is 0 Å². The van der Waals surface area contributed by atoms with E-state index in [1.165, 1.54) is 0 Å². The topological polar surface area (TPSA) is 55.8 Å². The summed E-state index contributed by atoms with van der Waals surface area (Å²) in [7, 11) is 0. The van der Waals surface area contributed by atoms with E-state index in [4.69, 9.17) is 9.47 Å². The van der Waals surface area contributed by atoms with Crippen molar-refractivity contribution in [3.05, 3.63) is 11.5 Å². The molecule has 0 aromatic rings. The van der Waals surface area contributed by atoms with Crippen LogP contribution in [0.15, 0.2) is 11.5 Å². The van der Waals surface area contributed by atoms with Crippen LogP contribution in [0.2, 0.25) is 0 Å². The quantitative estimate of drug-likeness (QED) is 0.861. The highest BCUT2D eigenvalue weighted by Crippen LogP contribution is 2.60. The SMILES string of the molecule is CC(C)OC1=C(OC(C)C)[C@@]2(O)C(C)CC[C@]2(C)C1=O.